The molecule has 0 N–H and O–H groups in total. The second-order valence-electron chi connectivity index (χ2n) is 3.68. The lowest BCUT2D eigenvalue weighted by atomic mass is 10.4. The quantitative estimate of drug-likeness (QED) is 0.796. The molecule has 1 aromatic heterocycles. The molecular formula is C10H13F3N2O2S. The summed E-state index contributed by atoms with van der Waals surface area (Å²) in [5, 5.41) is 0.372. The third-order valence-corrected chi connectivity index (χ3v) is 3.31. The number of rotatable bonds is 4. The number of halogens is 3. The maximum atomic E-state index is 12.1. The van der Waals surface area contributed by atoms with Crippen LogP contribution in [-0.2, 0) is 4.74 Å². The Bertz CT molecular complexity index is 431. The molecule has 18 heavy (non-hydrogen) atoms. The number of carbonyl (C=O) groups is 1. The Morgan fingerprint density at radius 3 is 2.61 bits per heavy atom. The molecule has 8 heteroatoms. The van der Waals surface area contributed by atoms with Crippen molar-refractivity contribution in [3.8, 4) is 0 Å². The summed E-state index contributed by atoms with van der Waals surface area (Å²) in [6.07, 6.45) is -5.12. The van der Waals surface area contributed by atoms with Crippen molar-refractivity contribution in [2.24, 2.45) is 0 Å². The van der Waals surface area contributed by atoms with Gasteiger partial charge < -0.3 is 9.64 Å². The monoisotopic (exact) mass is 282 g/mol. The minimum atomic E-state index is -4.20. The number of esters is 1. The largest absolute Gasteiger partial charge is 0.464 e. The van der Waals surface area contributed by atoms with Crippen LogP contribution in [0, 0.1) is 6.92 Å². The average Bonchev–Trinajstić information content (AvgIpc) is 2.66. The zero-order valence-electron chi connectivity index (χ0n) is 10.2. The van der Waals surface area contributed by atoms with Gasteiger partial charge >= 0.3 is 12.1 Å². The molecule has 0 aliphatic rings. The zero-order chi connectivity index (χ0) is 13.9. The van der Waals surface area contributed by atoms with Crippen LogP contribution in [0.4, 0.5) is 18.3 Å². The Morgan fingerprint density at radius 1 is 1.50 bits per heavy atom. The smallest absolute Gasteiger partial charge is 0.390 e. The lowest BCUT2D eigenvalue weighted by molar-refractivity contribution is -0.132. The minimum Gasteiger partial charge on any atom is -0.464 e. The SMILES string of the molecule is COC(=O)c1nc(N(C)CCC(F)(F)F)sc1C. The number of ether oxygens (including phenoxy) is 1. The fraction of sp³-hybridized carbons (Fsp3) is 0.600. The molecule has 1 rings (SSSR count). The molecule has 0 aliphatic carbocycles. The highest BCUT2D eigenvalue weighted by Crippen LogP contribution is 2.27. The number of aryl methyl sites for hydroxylation is 1. The lowest BCUT2D eigenvalue weighted by Gasteiger charge is -2.16. The molecule has 0 unspecified atom stereocenters. The number of anilines is 1. The third-order valence-electron chi connectivity index (χ3n) is 2.22. The summed E-state index contributed by atoms with van der Waals surface area (Å²) < 4.78 is 40.8. The van der Waals surface area contributed by atoms with Crippen LogP contribution in [0.5, 0.6) is 0 Å². The van der Waals surface area contributed by atoms with Crippen LogP contribution in [0.3, 0.4) is 0 Å². The van der Waals surface area contributed by atoms with E-state index in [0.29, 0.717) is 10.0 Å². The topological polar surface area (TPSA) is 42.4 Å². The average molecular weight is 282 g/mol. The van der Waals surface area contributed by atoms with Crippen LogP contribution in [0.1, 0.15) is 21.8 Å². The predicted molar refractivity (Wildman–Crippen MR) is 62.1 cm³/mol. The molecule has 0 spiro atoms. The Hall–Kier alpha value is -1.31. The van der Waals surface area contributed by atoms with E-state index in [-0.39, 0.29) is 12.2 Å². The molecule has 0 saturated carbocycles. The van der Waals surface area contributed by atoms with E-state index in [0.717, 1.165) is 11.3 Å². The van der Waals surface area contributed by atoms with Crippen LogP contribution >= 0.6 is 11.3 Å². The van der Waals surface area contributed by atoms with E-state index in [9.17, 15) is 18.0 Å². The van der Waals surface area contributed by atoms with Crippen LogP contribution < -0.4 is 4.90 Å². The molecule has 0 atom stereocenters. The molecule has 0 fully saturated rings. The maximum Gasteiger partial charge on any atom is 0.390 e. The van der Waals surface area contributed by atoms with Crippen molar-refractivity contribution in [3.63, 3.8) is 0 Å². The minimum absolute atomic E-state index is 0.149. The molecule has 0 radical (unpaired) electrons. The number of nitrogens with zero attached hydrogens (tertiary/aromatic N) is 2. The van der Waals surface area contributed by atoms with Gasteiger partial charge in [-0.2, -0.15) is 13.2 Å². The molecule has 0 aromatic carbocycles. The molecule has 102 valence electrons. The first-order valence-electron chi connectivity index (χ1n) is 5.08. The van der Waals surface area contributed by atoms with Gasteiger partial charge in [0.15, 0.2) is 10.8 Å². The second kappa shape index (κ2) is 5.55. The number of hydrogen-bond acceptors (Lipinski definition) is 5. The van der Waals surface area contributed by atoms with E-state index in [1.807, 2.05) is 0 Å². The molecule has 0 saturated heterocycles. The molecule has 0 amide bonds. The number of carbonyl (C=O) groups excluding carboxylic acids is 1. The van der Waals surface area contributed by atoms with Crippen molar-refractivity contribution >= 4 is 22.4 Å². The van der Waals surface area contributed by atoms with Gasteiger partial charge in [0.05, 0.1) is 13.5 Å². The lowest BCUT2D eigenvalue weighted by Crippen LogP contribution is -2.24. The zero-order valence-corrected chi connectivity index (χ0v) is 11.0. The van der Waals surface area contributed by atoms with Crippen molar-refractivity contribution in [2.45, 2.75) is 19.5 Å². The summed E-state index contributed by atoms with van der Waals surface area (Å²) in [4.78, 5) is 17.3. The molecule has 4 nitrogen and oxygen atoms in total. The Labute approximate surface area is 106 Å². The van der Waals surface area contributed by atoms with Gasteiger partial charge in [0.1, 0.15) is 0 Å². The number of thiazole rings is 1. The summed E-state index contributed by atoms with van der Waals surface area (Å²) in [6, 6.07) is 0. The van der Waals surface area contributed by atoms with Crippen molar-refractivity contribution in [1.82, 2.24) is 4.98 Å². The van der Waals surface area contributed by atoms with Crippen molar-refractivity contribution < 1.29 is 22.7 Å². The number of methoxy groups -OCH3 is 1. The van der Waals surface area contributed by atoms with Gasteiger partial charge in [-0.25, -0.2) is 9.78 Å². The summed E-state index contributed by atoms with van der Waals surface area (Å²) in [6.45, 7) is 1.47. The molecule has 1 heterocycles. The van der Waals surface area contributed by atoms with Gasteiger partial charge in [-0.05, 0) is 6.92 Å². The highest BCUT2D eigenvalue weighted by Gasteiger charge is 2.28. The Balaban J connectivity index is 2.75. The van der Waals surface area contributed by atoms with Gasteiger partial charge in [0, 0.05) is 18.5 Å². The van der Waals surface area contributed by atoms with Crippen LogP contribution in [0.25, 0.3) is 0 Å². The van der Waals surface area contributed by atoms with Gasteiger partial charge in [0.2, 0.25) is 0 Å². The fourth-order valence-electron chi connectivity index (χ4n) is 1.22. The first-order chi connectivity index (χ1) is 8.24. The van der Waals surface area contributed by atoms with Crippen LogP contribution in [0.15, 0.2) is 0 Å². The van der Waals surface area contributed by atoms with Crippen LogP contribution in [0.2, 0.25) is 0 Å². The fourth-order valence-corrected chi connectivity index (χ4v) is 2.11. The first kappa shape index (κ1) is 14.7. The summed E-state index contributed by atoms with van der Waals surface area (Å²) in [5.74, 6) is -0.584. The van der Waals surface area contributed by atoms with E-state index in [1.54, 1.807) is 6.92 Å². The van der Waals surface area contributed by atoms with Gasteiger partial charge in [-0.3, -0.25) is 0 Å². The highest BCUT2D eigenvalue weighted by atomic mass is 32.1. The molecule has 0 aliphatic heterocycles. The summed E-state index contributed by atoms with van der Waals surface area (Å²) in [7, 11) is 2.74. The first-order valence-corrected chi connectivity index (χ1v) is 5.90. The van der Waals surface area contributed by atoms with E-state index in [1.165, 1.54) is 19.1 Å². The molecule has 0 bridgehead atoms. The standard InChI is InChI=1S/C10H13F3N2O2S/c1-6-7(8(16)17-3)14-9(18-6)15(2)5-4-10(11,12)13/h4-5H2,1-3H3. The third kappa shape index (κ3) is 3.86. The highest BCUT2D eigenvalue weighted by molar-refractivity contribution is 7.15. The van der Waals surface area contributed by atoms with E-state index < -0.39 is 18.6 Å². The van der Waals surface area contributed by atoms with Crippen LogP contribution in [-0.4, -0.2) is 37.8 Å². The van der Waals surface area contributed by atoms with Gasteiger partial charge in [-0.15, -0.1) is 11.3 Å². The van der Waals surface area contributed by atoms with Gasteiger partial charge in [0.25, 0.3) is 0 Å². The van der Waals surface area contributed by atoms with E-state index in [4.69, 9.17) is 0 Å². The maximum absolute atomic E-state index is 12.1. The van der Waals surface area contributed by atoms with Crippen molar-refractivity contribution in [1.29, 1.82) is 0 Å². The number of hydrogen-bond donors (Lipinski definition) is 0. The summed E-state index contributed by atoms with van der Waals surface area (Å²) >= 11 is 1.16. The summed E-state index contributed by atoms with van der Waals surface area (Å²) in [5.41, 5.74) is 0.149. The van der Waals surface area contributed by atoms with Crippen molar-refractivity contribution in [2.75, 3.05) is 25.6 Å². The Kier molecular flexibility index (Phi) is 4.55. The van der Waals surface area contributed by atoms with E-state index >= 15 is 0 Å². The predicted octanol–water partition coefficient (Wildman–Crippen LogP) is 2.63. The van der Waals surface area contributed by atoms with Gasteiger partial charge in [-0.1, -0.05) is 0 Å². The second-order valence-corrected chi connectivity index (χ2v) is 4.86. The normalized spacial score (nSPS) is 11.4. The van der Waals surface area contributed by atoms with Crippen molar-refractivity contribution in [3.05, 3.63) is 10.6 Å². The van der Waals surface area contributed by atoms with E-state index in [2.05, 4.69) is 9.72 Å². The molecular weight excluding hydrogens is 269 g/mol. The molecule has 1 aromatic rings. The number of alkyl halides is 3. The number of aromatic nitrogens is 1. The Morgan fingerprint density at radius 2 is 2.11 bits per heavy atom.